The number of nitrogens with one attached hydrogen (secondary N) is 2. The lowest BCUT2D eigenvalue weighted by Crippen LogP contribution is -2.48. The molecule has 0 aromatic heterocycles. The number of nitrogens with zero attached hydrogens (tertiary/aromatic N) is 3. The Morgan fingerprint density at radius 1 is 1.21 bits per heavy atom. The van der Waals surface area contributed by atoms with Crippen molar-refractivity contribution in [2.24, 2.45) is 4.99 Å². The zero-order valence-corrected chi connectivity index (χ0v) is 18.9. The number of hydrogen-bond acceptors (Lipinski definition) is 5. The van der Waals surface area contributed by atoms with E-state index >= 15 is 0 Å². The fourth-order valence-electron chi connectivity index (χ4n) is 3.41. The molecule has 0 spiro atoms. The van der Waals surface area contributed by atoms with Gasteiger partial charge in [0.15, 0.2) is 5.96 Å². The van der Waals surface area contributed by atoms with Gasteiger partial charge >= 0.3 is 0 Å². The van der Waals surface area contributed by atoms with Crippen LogP contribution in [0.3, 0.4) is 0 Å². The number of halogens is 2. The van der Waals surface area contributed by atoms with Gasteiger partial charge in [-0.05, 0) is 30.8 Å². The van der Waals surface area contributed by atoms with Gasteiger partial charge in [-0.2, -0.15) is 0 Å². The van der Waals surface area contributed by atoms with Crippen LogP contribution in [0, 0.1) is 5.82 Å². The quantitative estimate of drug-likeness (QED) is 0.356. The number of anilines is 1. The molecule has 1 atom stereocenters. The van der Waals surface area contributed by atoms with Crippen LogP contribution in [-0.2, 0) is 16.0 Å². The standard InChI is InChI=1S/C19H30FN5O2.HI/c1-21-19(23-13-17-14-24(2)5-10-27-17)22-12-15-11-16(20)3-4-18(15)25-6-8-26-9-7-25;/h3-4,11,17H,5-10,12-14H2,1-2H3,(H2,21,22,23);1H. The summed E-state index contributed by atoms with van der Waals surface area (Å²) < 4.78 is 25.0. The Kier molecular flexibility index (Phi) is 9.69. The Hall–Kier alpha value is -1.17. The van der Waals surface area contributed by atoms with E-state index in [9.17, 15) is 4.39 Å². The predicted molar refractivity (Wildman–Crippen MR) is 120 cm³/mol. The van der Waals surface area contributed by atoms with E-state index in [2.05, 4.69) is 32.5 Å². The molecule has 2 fully saturated rings. The summed E-state index contributed by atoms with van der Waals surface area (Å²) in [6.45, 7) is 6.82. The zero-order valence-electron chi connectivity index (χ0n) is 16.6. The van der Waals surface area contributed by atoms with Crippen LogP contribution >= 0.6 is 24.0 Å². The van der Waals surface area contributed by atoms with Gasteiger partial charge in [-0.1, -0.05) is 0 Å². The van der Waals surface area contributed by atoms with Crippen molar-refractivity contribution >= 4 is 35.6 Å². The molecule has 2 N–H and O–H groups in total. The number of hydrogen-bond donors (Lipinski definition) is 2. The maximum atomic E-state index is 13.8. The van der Waals surface area contributed by atoms with Crippen molar-refractivity contribution in [3.05, 3.63) is 29.6 Å². The van der Waals surface area contributed by atoms with Gasteiger partial charge in [0.1, 0.15) is 5.82 Å². The second-order valence-electron chi connectivity index (χ2n) is 6.93. The molecule has 158 valence electrons. The minimum atomic E-state index is -0.231. The Morgan fingerprint density at radius 3 is 2.71 bits per heavy atom. The van der Waals surface area contributed by atoms with Crippen LogP contribution in [0.4, 0.5) is 10.1 Å². The first-order chi connectivity index (χ1) is 13.2. The number of aliphatic imine (C=N–C) groups is 1. The van der Waals surface area contributed by atoms with Gasteiger partial charge in [0.2, 0.25) is 0 Å². The summed E-state index contributed by atoms with van der Waals surface area (Å²) >= 11 is 0. The number of likely N-dealkylation sites (N-methyl/N-ethyl adjacent to an activating group) is 1. The van der Waals surface area contributed by atoms with E-state index in [1.165, 1.54) is 6.07 Å². The molecule has 7 nitrogen and oxygen atoms in total. The molecule has 0 saturated carbocycles. The van der Waals surface area contributed by atoms with Crippen molar-refractivity contribution < 1.29 is 13.9 Å². The molecule has 1 aromatic carbocycles. The molecule has 0 amide bonds. The average molecular weight is 507 g/mol. The number of morpholine rings is 2. The van der Waals surface area contributed by atoms with Crippen molar-refractivity contribution in [3.8, 4) is 0 Å². The van der Waals surface area contributed by atoms with Crippen molar-refractivity contribution in [2.75, 3.05) is 71.5 Å². The first kappa shape index (κ1) is 23.1. The van der Waals surface area contributed by atoms with E-state index in [-0.39, 0.29) is 35.9 Å². The zero-order chi connectivity index (χ0) is 19.1. The van der Waals surface area contributed by atoms with E-state index < -0.39 is 0 Å². The topological polar surface area (TPSA) is 61.4 Å². The molecule has 3 rings (SSSR count). The van der Waals surface area contributed by atoms with Crippen LogP contribution in [-0.4, -0.2) is 83.6 Å². The van der Waals surface area contributed by atoms with E-state index in [0.29, 0.717) is 32.3 Å². The highest BCUT2D eigenvalue weighted by Crippen LogP contribution is 2.22. The molecule has 0 aliphatic carbocycles. The summed E-state index contributed by atoms with van der Waals surface area (Å²) in [5.74, 6) is 0.453. The number of ether oxygens (including phenoxy) is 2. The third kappa shape index (κ3) is 6.71. The lowest BCUT2D eigenvalue weighted by molar-refractivity contribution is -0.0161. The van der Waals surface area contributed by atoms with Crippen LogP contribution in [0.1, 0.15) is 5.56 Å². The number of rotatable bonds is 5. The largest absolute Gasteiger partial charge is 0.378 e. The highest BCUT2D eigenvalue weighted by atomic mass is 127. The molecule has 0 radical (unpaired) electrons. The van der Waals surface area contributed by atoms with Crippen LogP contribution in [0.2, 0.25) is 0 Å². The second-order valence-corrected chi connectivity index (χ2v) is 6.93. The Labute approximate surface area is 183 Å². The average Bonchev–Trinajstić information content (AvgIpc) is 2.69. The Morgan fingerprint density at radius 2 is 2.00 bits per heavy atom. The van der Waals surface area contributed by atoms with Crippen LogP contribution in [0.25, 0.3) is 0 Å². The molecule has 2 aliphatic heterocycles. The summed E-state index contributed by atoms with van der Waals surface area (Å²) in [6, 6.07) is 4.95. The summed E-state index contributed by atoms with van der Waals surface area (Å²) in [7, 11) is 3.83. The minimum Gasteiger partial charge on any atom is -0.378 e. The van der Waals surface area contributed by atoms with E-state index in [1.54, 1.807) is 13.1 Å². The molecule has 9 heteroatoms. The first-order valence-electron chi connectivity index (χ1n) is 9.51. The molecule has 28 heavy (non-hydrogen) atoms. The van der Waals surface area contributed by atoms with E-state index in [0.717, 1.165) is 44.0 Å². The van der Waals surface area contributed by atoms with Crippen molar-refractivity contribution in [1.82, 2.24) is 15.5 Å². The summed E-state index contributed by atoms with van der Waals surface area (Å²) in [4.78, 5) is 8.76. The molecule has 1 unspecified atom stereocenters. The Balaban J connectivity index is 0.00000280. The van der Waals surface area contributed by atoms with Gasteiger partial charge in [-0.15, -0.1) is 24.0 Å². The number of guanidine groups is 1. The summed E-state index contributed by atoms with van der Waals surface area (Å²) in [6.07, 6.45) is 0.139. The SMILES string of the molecule is CN=C(NCc1cc(F)ccc1N1CCOCC1)NCC1CN(C)CCO1.I. The lowest BCUT2D eigenvalue weighted by Gasteiger charge is -2.31. The van der Waals surface area contributed by atoms with Gasteiger partial charge in [-0.25, -0.2) is 4.39 Å². The van der Waals surface area contributed by atoms with E-state index in [4.69, 9.17) is 9.47 Å². The highest BCUT2D eigenvalue weighted by Gasteiger charge is 2.18. The smallest absolute Gasteiger partial charge is 0.191 e. The maximum absolute atomic E-state index is 13.8. The van der Waals surface area contributed by atoms with Crippen molar-refractivity contribution in [1.29, 1.82) is 0 Å². The normalized spacial score (nSPS) is 21.2. The highest BCUT2D eigenvalue weighted by molar-refractivity contribution is 14.0. The predicted octanol–water partition coefficient (Wildman–Crippen LogP) is 1.28. The van der Waals surface area contributed by atoms with Gasteiger partial charge in [-0.3, -0.25) is 4.99 Å². The first-order valence-corrected chi connectivity index (χ1v) is 9.51. The third-order valence-electron chi connectivity index (χ3n) is 4.90. The molecule has 2 saturated heterocycles. The van der Waals surface area contributed by atoms with Crippen molar-refractivity contribution in [2.45, 2.75) is 12.6 Å². The van der Waals surface area contributed by atoms with Crippen molar-refractivity contribution in [3.63, 3.8) is 0 Å². The summed E-state index contributed by atoms with van der Waals surface area (Å²) in [5.41, 5.74) is 1.95. The molecular weight excluding hydrogens is 476 g/mol. The minimum absolute atomic E-state index is 0. The third-order valence-corrected chi connectivity index (χ3v) is 4.90. The molecular formula is C19H31FIN5O2. The van der Waals surface area contributed by atoms with Gasteiger partial charge in [0.05, 0.1) is 25.9 Å². The molecule has 1 aromatic rings. The van der Waals surface area contributed by atoms with Crippen LogP contribution in [0.15, 0.2) is 23.2 Å². The summed E-state index contributed by atoms with van der Waals surface area (Å²) in [5, 5.41) is 6.59. The van der Waals surface area contributed by atoms with Gasteiger partial charge in [0.25, 0.3) is 0 Å². The van der Waals surface area contributed by atoms with E-state index in [1.807, 2.05) is 6.07 Å². The van der Waals surface area contributed by atoms with Gasteiger partial charge in [0, 0.05) is 52.0 Å². The molecule has 2 aliphatic rings. The van der Waals surface area contributed by atoms with Crippen LogP contribution in [0.5, 0.6) is 0 Å². The monoisotopic (exact) mass is 507 g/mol. The lowest BCUT2D eigenvalue weighted by atomic mass is 10.1. The molecule has 2 heterocycles. The maximum Gasteiger partial charge on any atom is 0.191 e. The second kappa shape index (κ2) is 11.7. The number of benzene rings is 1. The van der Waals surface area contributed by atoms with Gasteiger partial charge < -0.3 is 29.9 Å². The Bertz CT molecular complexity index is 643. The fourth-order valence-corrected chi connectivity index (χ4v) is 3.41. The van der Waals surface area contributed by atoms with Crippen LogP contribution < -0.4 is 15.5 Å². The molecule has 0 bridgehead atoms. The fraction of sp³-hybridized carbons (Fsp3) is 0.632.